The summed E-state index contributed by atoms with van der Waals surface area (Å²) in [4.78, 5) is 11.2. The minimum atomic E-state index is -3.76. The van der Waals surface area contributed by atoms with Crippen LogP contribution in [-0.2, 0) is 15.8 Å². The number of aromatic nitrogens is 1. The van der Waals surface area contributed by atoms with Gasteiger partial charge in [-0.05, 0) is 19.1 Å². The first kappa shape index (κ1) is 15.0. The van der Waals surface area contributed by atoms with E-state index in [-0.39, 0.29) is 22.7 Å². The van der Waals surface area contributed by atoms with Crippen LogP contribution in [0.15, 0.2) is 34.9 Å². The summed E-state index contributed by atoms with van der Waals surface area (Å²) in [6.45, 7) is 1.66. The Morgan fingerprint density at radius 2 is 2.05 bits per heavy atom. The molecule has 0 radical (unpaired) electrons. The van der Waals surface area contributed by atoms with Crippen LogP contribution in [0.2, 0.25) is 0 Å². The standard InChI is InChI=1S/C13H14N2O5S/c1-9-7-10(14-20-9)8-21(18,19)15(2)12-6-4-3-5-11(12)13(16)17/h3-7H,8H2,1-2H3,(H,16,17). The predicted molar refractivity (Wildman–Crippen MR) is 75.7 cm³/mol. The molecular formula is C13H14N2O5S. The number of hydrogen-bond donors (Lipinski definition) is 1. The fourth-order valence-electron chi connectivity index (χ4n) is 1.85. The van der Waals surface area contributed by atoms with E-state index in [9.17, 15) is 13.2 Å². The Balaban J connectivity index is 2.34. The number of carboxylic acids is 1. The van der Waals surface area contributed by atoms with E-state index in [0.29, 0.717) is 5.76 Å². The lowest BCUT2D eigenvalue weighted by molar-refractivity contribution is 0.0698. The number of aryl methyl sites for hydroxylation is 1. The van der Waals surface area contributed by atoms with Crippen LogP contribution in [0.4, 0.5) is 5.69 Å². The molecule has 1 aromatic heterocycles. The van der Waals surface area contributed by atoms with E-state index in [4.69, 9.17) is 9.63 Å². The molecule has 0 atom stereocenters. The van der Waals surface area contributed by atoms with Gasteiger partial charge >= 0.3 is 5.97 Å². The smallest absolute Gasteiger partial charge is 0.337 e. The monoisotopic (exact) mass is 310 g/mol. The van der Waals surface area contributed by atoms with Crippen LogP contribution in [0.1, 0.15) is 21.8 Å². The first-order valence-electron chi connectivity index (χ1n) is 6.02. The van der Waals surface area contributed by atoms with E-state index in [2.05, 4.69) is 5.16 Å². The summed E-state index contributed by atoms with van der Waals surface area (Å²) >= 11 is 0. The molecule has 1 heterocycles. The Kier molecular flexibility index (Phi) is 3.99. The van der Waals surface area contributed by atoms with E-state index in [1.807, 2.05) is 0 Å². The fraction of sp³-hybridized carbons (Fsp3) is 0.231. The van der Waals surface area contributed by atoms with Crippen molar-refractivity contribution in [3.05, 3.63) is 47.3 Å². The van der Waals surface area contributed by atoms with E-state index in [1.54, 1.807) is 13.0 Å². The van der Waals surface area contributed by atoms with Crippen LogP contribution < -0.4 is 4.31 Å². The van der Waals surface area contributed by atoms with Crippen molar-refractivity contribution in [3.8, 4) is 0 Å². The van der Waals surface area contributed by atoms with Crippen molar-refractivity contribution in [1.29, 1.82) is 0 Å². The lowest BCUT2D eigenvalue weighted by atomic mass is 10.2. The average Bonchev–Trinajstić information content (AvgIpc) is 2.82. The van der Waals surface area contributed by atoms with Crippen molar-refractivity contribution in [2.45, 2.75) is 12.7 Å². The largest absolute Gasteiger partial charge is 0.478 e. The normalized spacial score (nSPS) is 11.3. The highest BCUT2D eigenvalue weighted by Crippen LogP contribution is 2.23. The third-order valence-electron chi connectivity index (χ3n) is 2.90. The summed E-state index contributed by atoms with van der Waals surface area (Å²) in [5, 5.41) is 12.8. The van der Waals surface area contributed by atoms with Gasteiger partial charge in [0.1, 0.15) is 17.2 Å². The van der Waals surface area contributed by atoms with Gasteiger partial charge in [-0.2, -0.15) is 0 Å². The molecule has 0 aliphatic carbocycles. The Labute approximate surface area is 121 Å². The zero-order valence-corrected chi connectivity index (χ0v) is 12.3. The third-order valence-corrected chi connectivity index (χ3v) is 4.59. The summed E-state index contributed by atoms with van der Waals surface area (Å²) < 4.78 is 30.4. The lowest BCUT2D eigenvalue weighted by Crippen LogP contribution is -2.29. The van der Waals surface area contributed by atoms with Crippen molar-refractivity contribution in [2.24, 2.45) is 0 Å². The number of anilines is 1. The maximum absolute atomic E-state index is 12.3. The van der Waals surface area contributed by atoms with Crippen LogP contribution in [0.25, 0.3) is 0 Å². The van der Waals surface area contributed by atoms with E-state index in [1.165, 1.54) is 31.3 Å². The molecule has 0 bridgehead atoms. The number of aromatic carboxylic acids is 1. The molecule has 0 saturated heterocycles. The number of hydrogen-bond acceptors (Lipinski definition) is 5. The maximum atomic E-state index is 12.3. The maximum Gasteiger partial charge on any atom is 0.337 e. The summed E-state index contributed by atoms with van der Waals surface area (Å²) in [5.41, 5.74) is 0.289. The van der Waals surface area contributed by atoms with Crippen LogP contribution in [-0.4, -0.2) is 31.7 Å². The minimum Gasteiger partial charge on any atom is -0.478 e. The molecule has 0 aliphatic rings. The van der Waals surface area contributed by atoms with E-state index < -0.39 is 16.0 Å². The molecule has 1 aromatic carbocycles. The Bertz CT molecular complexity index is 766. The van der Waals surface area contributed by atoms with Gasteiger partial charge in [0.25, 0.3) is 0 Å². The van der Waals surface area contributed by atoms with Crippen molar-refractivity contribution in [3.63, 3.8) is 0 Å². The molecule has 0 fully saturated rings. The molecule has 0 unspecified atom stereocenters. The van der Waals surface area contributed by atoms with Crippen LogP contribution in [0, 0.1) is 6.92 Å². The van der Waals surface area contributed by atoms with Gasteiger partial charge in [0, 0.05) is 13.1 Å². The first-order valence-corrected chi connectivity index (χ1v) is 7.63. The summed E-state index contributed by atoms with van der Waals surface area (Å²) in [6, 6.07) is 7.43. The number of benzene rings is 1. The number of para-hydroxylation sites is 1. The van der Waals surface area contributed by atoms with Crippen molar-refractivity contribution in [1.82, 2.24) is 5.16 Å². The van der Waals surface area contributed by atoms with Crippen molar-refractivity contribution >= 4 is 21.7 Å². The molecule has 8 heteroatoms. The van der Waals surface area contributed by atoms with Gasteiger partial charge in [-0.25, -0.2) is 13.2 Å². The topological polar surface area (TPSA) is 101 Å². The zero-order chi connectivity index (χ0) is 15.6. The van der Waals surface area contributed by atoms with Gasteiger partial charge in [0.2, 0.25) is 10.0 Å². The molecule has 0 amide bonds. The Hall–Kier alpha value is -2.35. The lowest BCUT2D eigenvalue weighted by Gasteiger charge is -2.20. The Morgan fingerprint density at radius 1 is 1.38 bits per heavy atom. The van der Waals surface area contributed by atoms with Gasteiger partial charge in [-0.1, -0.05) is 17.3 Å². The third kappa shape index (κ3) is 3.22. The molecule has 2 aromatic rings. The molecule has 0 saturated carbocycles. The zero-order valence-electron chi connectivity index (χ0n) is 11.5. The van der Waals surface area contributed by atoms with Crippen molar-refractivity contribution < 1.29 is 22.8 Å². The molecule has 0 aliphatic heterocycles. The summed E-state index contributed by atoms with van der Waals surface area (Å²) in [5.74, 6) is -1.05. The highest BCUT2D eigenvalue weighted by atomic mass is 32.2. The SMILES string of the molecule is Cc1cc(CS(=O)(=O)N(C)c2ccccc2C(=O)O)no1. The second kappa shape index (κ2) is 5.57. The molecular weight excluding hydrogens is 296 g/mol. The molecule has 7 nitrogen and oxygen atoms in total. The molecule has 1 N–H and O–H groups in total. The Morgan fingerprint density at radius 3 is 2.62 bits per heavy atom. The van der Waals surface area contributed by atoms with Gasteiger partial charge in [-0.15, -0.1) is 0 Å². The number of nitrogens with zero attached hydrogens (tertiary/aromatic N) is 2. The van der Waals surface area contributed by atoms with E-state index >= 15 is 0 Å². The number of sulfonamides is 1. The summed E-state index contributed by atoms with van der Waals surface area (Å²) in [7, 11) is -2.45. The van der Waals surface area contributed by atoms with Crippen LogP contribution in [0.3, 0.4) is 0 Å². The number of rotatable bonds is 5. The van der Waals surface area contributed by atoms with Gasteiger partial charge in [0.15, 0.2) is 0 Å². The van der Waals surface area contributed by atoms with Crippen molar-refractivity contribution in [2.75, 3.05) is 11.4 Å². The van der Waals surface area contributed by atoms with Crippen LogP contribution >= 0.6 is 0 Å². The van der Waals surface area contributed by atoms with E-state index in [0.717, 1.165) is 4.31 Å². The first-order chi connectivity index (χ1) is 9.81. The predicted octanol–water partition coefficient (Wildman–Crippen LogP) is 1.65. The summed E-state index contributed by atoms with van der Waals surface area (Å²) in [6.07, 6.45) is 0. The second-order valence-corrected chi connectivity index (χ2v) is 6.48. The highest BCUT2D eigenvalue weighted by molar-refractivity contribution is 7.92. The number of carbonyl (C=O) groups is 1. The second-order valence-electron chi connectivity index (χ2n) is 4.47. The quantitative estimate of drug-likeness (QED) is 0.901. The molecule has 2 rings (SSSR count). The minimum absolute atomic E-state index is 0.0834. The van der Waals surface area contributed by atoms with Gasteiger partial charge in [-0.3, -0.25) is 4.31 Å². The highest BCUT2D eigenvalue weighted by Gasteiger charge is 2.24. The van der Waals surface area contributed by atoms with Gasteiger partial charge < -0.3 is 9.63 Å². The number of carboxylic acid groups (broad SMARTS) is 1. The molecule has 0 spiro atoms. The average molecular weight is 310 g/mol. The molecule has 21 heavy (non-hydrogen) atoms. The molecule has 112 valence electrons. The fourth-order valence-corrected chi connectivity index (χ4v) is 3.01. The van der Waals surface area contributed by atoms with Crippen LogP contribution in [0.5, 0.6) is 0 Å². The van der Waals surface area contributed by atoms with Gasteiger partial charge in [0.05, 0.1) is 11.3 Å².